The zero-order valence-corrected chi connectivity index (χ0v) is 9.22. The molecule has 0 saturated heterocycles. The first-order valence-corrected chi connectivity index (χ1v) is 6.15. The van der Waals surface area contributed by atoms with Crippen LogP contribution in [-0.2, 0) is 4.43 Å². The Morgan fingerprint density at radius 3 is 2.55 bits per heavy atom. The first kappa shape index (κ1) is 10.9. The third-order valence-electron chi connectivity index (χ3n) is 1.82. The third kappa shape index (κ3) is 6.32. The lowest BCUT2D eigenvalue weighted by Crippen LogP contribution is -2.12. The summed E-state index contributed by atoms with van der Waals surface area (Å²) in [6.45, 7) is 8.07. The van der Waals surface area contributed by atoms with Crippen molar-refractivity contribution in [3.8, 4) is 0 Å². The molecule has 0 aliphatic heterocycles. The van der Waals surface area contributed by atoms with Crippen LogP contribution in [0.25, 0.3) is 0 Å². The monoisotopic (exact) mass is 172 g/mol. The lowest BCUT2D eigenvalue weighted by atomic mass is 10.2. The molecule has 0 spiro atoms. The van der Waals surface area contributed by atoms with Gasteiger partial charge in [0.1, 0.15) is 0 Å². The molecule has 0 aromatic rings. The number of hydrogen-bond donors (Lipinski definition) is 0. The van der Waals surface area contributed by atoms with E-state index in [0.29, 0.717) is 6.10 Å². The standard InChI is InChI=1S/C9H20OSi/c1-4-7-8-11-10-9(5-2)6-3/h4,9H,1,5-8,11H2,2-3H3. The molecule has 0 aromatic heterocycles. The third-order valence-corrected chi connectivity index (χ3v) is 3.22. The fraction of sp³-hybridized carbons (Fsp3) is 0.778. The number of rotatable bonds is 7. The van der Waals surface area contributed by atoms with E-state index >= 15 is 0 Å². The maximum absolute atomic E-state index is 5.73. The first-order chi connectivity index (χ1) is 5.35. The predicted molar refractivity (Wildman–Crippen MR) is 53.6 cm³/mol. The van der Waals surface area contributed by atoms with Gasteiger partial charge in [-0.2, -0.15) is 0 Å². The Hall–Kier alpha value is -0.0831. The van der Waals surface area contributed by atoms with Crippen molar-refractivity contribution in [1.29, 1.82) is 0 Å². The van der Waals surface area contributed by atoms with Crippen LogP contribution < -0.4 is 0 Å². The highest BCUT2D eigenvalue weighted by Crippen LogP contribution is 2.02. The van der Waals surface area contributed by atoms with Gasteiger partial charge in [0, 0.05) is 6.10 Å². The summed E-state index contributed by atoms with van der Waals surface area (Å²) in [5.41, 5.74) is 0. The Balaban J connectivity index is 3.13. The highest BCUT2D eigenvalue weighted by atomic mass is 28.2. The summed E-state index contributed by atoms with van der Waals surface area (Å²) >= 11 is 0. The first-order valence-electron chi connectivity index (χ1n) is 4.57. The maximum atomic E-state index is 5.73. The maximum Gasteiger partial charge on any atom is 0.162 e. The zero-order valence-electron chi connectivity index (χ0n) is 7.81. The lowest BCUT2D eigenvalue weighted by molar-refractivity contribution is 0.202. The minimum atomic E-state index is -0.240. The van der Waals surface area contributed by atoms with Gasteiger partial charge in [-0.15, -0.1) is 6.58 Å². The van der Waals surface area contributed by atoms with Gasteiger partial charge in [-0.25, -0.2) is 0 Å². The van der Waals surface area contributed by atoms with Crippen LogP contribution in [0.2, 0.25) is 6.04 Å². The van der Waals surface area contributed by atoms with Gasteiger partial charge in [0.15, 0.2) is 9.76 Å². The largest absolute Gasteiger partial charge is 0.421 e. The Kier molecular flexibility index (Phi) is 7.96. The van der Waals surface area contributed by atoms with Gasteiger partial charge in [-0.05, 0) is 25.3 Å². The summed E-state index contributed by atoms with van der Waals surface area (Å²) in [4.78, 5) is 0. The summed E-state index contributed by atoms with van der Waals surface area (Å²) in [6, 6.07) is 1.25. The van der Waals surface area contributed by atoms with Gasteiger partial charge in [0.05, 0.1) is 0 Å². The van der Waals surface area contributed by atoms with Gasteiger partial charge in [0.25, 0.3) is 0 Å². The number of hydrogen-bond acceptors (Lipinski definition) is 1. The second-order valence-electron chi connectivity index (χ2n) is 2.74. The average molecular weight is 172 g/mol. The van der Waals surface area contributed by atoms with Gasteiger partial charge in [-0.3, -0.25) is 0 Å². The molecule has 0 unspecified atom stereocenters. The summed E-state index contributed by atoms with van der Waals surface area (Å²) < 4.78 is 5.73. The minimum Gasteiger partial charge on any atom is -0.421 e. The second-order valence-corrected chi connectivity index (χ2v) is 4.19. The quantitative estimate of drug-likeness (QED) is 0.325. The summed E-state index contributed by atoms with van der Waals surface area (Å²) in [5.74, 6) is 0. The van der Waals surface area contributed by atoms with E-state index in [-0.39, 0.29) is 9.76 Å². The van der Waals surface area contributed by atoms with Crippen molar-refractivity contribution < 1.29 is 4.43 Å². The zero-order chi connectivity index (χ0) is 8.53. The molecule has 0 fully saturated rings. The van der Waals surface area contributed by atoms with Crippen molar-refractivity contribution in [2.75, 3.05) is 0 Å². The van der Waals surface area contributed by atoms with Crippen molar-refractivity contribution in [2.24, 2.45) is 0 Å². The van der Waals surface area contributed by atoms with Crippen molar-refractivity contribution in [3.05, 3.63) is 12.7 Å². The molecule has 0 aromatic carbocycles. The topological polar surface area (TPSA) is 9.23 Å². The van der Waals surface area contributed by atoms with Gasteiger partial charge < -0.3 is 4.43 Å². The molecule has 0 atom stereocenters. The molecule has 1 nitrogen and oxygen atoms in total. The van der Waals surface area contributed by atoms with Crippen LogP contribution in [0.1, 0.15) is 33.1 Å². The molecule has 0 aliphatic rings. The van der Waals surface area contributed by atoms with Crippen molar-refractivity contribution in [1.82, 2.24) is 0 Å². The highest BCUT2D eigenvalue weighted by Gasteiger charge is 2.00. The van der Waals surface area contributed by atoms with Crippen LogP contribution in [0, 0.1) is 0 Å². The van der Waals surface area contributed by atoms with Crippen molar-refractivity contribution >= 4 is 9.76 Å². The van der Waals surface area contributed by atoms with Crippen LogP contribution in [0.5, 0.6) is 0 Å². The Bertz CT molecular complexity index is 89.6. The molecule has 0 amide bonds. The van der Waals surface area contributed by atoms with Crippen LogP contribution >= 0.6 is 0 Å². The van der Waals surface area contributed by atoms with E-state index in [2.05, 4.69) is 20.4 Å². The molecule has 0 saturated carbocycles. The smallest absolute Gasteiger partial charge is 0.162 e. The summed E-state index contributed by atoms with van der Waals surface area (Å²) in [7, 11) is -0.240. The number of allylic oxidation sites excluding steroid dienone is 1. The van der Waals surface area contributed by atoms with Gasteiger partial charge in [-0.1, -0.05) is 19.9 Å². The van der Waals surface area contributed by atoms with Crippen LogP contribution in [0.15, 0.2) is 12.7 Å². The average Bonchev–Trinajstić information content (AvgIpc) is 2.05. The molecule has 2 heteroatoms. The fourth-order valence-electron chi connectivity index (χ4n) is 1.00. The minimum absolute atomic E-state index is 0.240. The van der Waals surface area contributed by atoms with Crippen molar-refractivity contribution in [3.63, 3.8) is 0 Å². The fourth-order valence-corrected chi connectivity index (χ4v) is 2.43. The van der Waals surface area contributed by atoms with E-state index in [1.54, 1.807) is 0 Å². The molecule has 0 bridgehead atoms. The molecule has 0 aliphatic carbocycles. The molecule has 0 radical (unpaired) electrons. The summed E-state index contributed by atoms with van der Waals surface area (Å²) in [5, 5.41) is 0. The van der Waals surface area contributed by atoms with E-state index in [1.165, 1.54) is 6.04 Å². The molecule has 0 heterocycles. The molecule has 66 valence electrons. The Morgan fingerprint density at radius 1 is 1.45 bits per heavy atom. The van der Waals surface area contributed by atoms with Gasteiger partial charge >= 0.3 is 0 Å². The van der Waals surface area contributed by atoms with E-state index in [4.69, 9.17) is 4.43 Å². The SMILES string of the molecule is C=CCC[SiH2]OC(CC)CC. The van der Waals surface area contributed by atoms with E-state index in [0.717, 1.165) is 19.3 Å². The highest BCUT2D eigenvalue weighted by molar-refractivity contribution is 6.27. The molecular formula is C9H20OSi. The van der Waals surface area contributed by atoms with Gasteiger partial charge in [0.2, 0.25) is 0 Å². The summed E-state index contributed by atoms with van der Waals surface area (Å²) in [6.07, 6.45) is 5.97. The Morgan fingerprint density at radius 2 is 2.09 bits per heavy atom. The van der Waals surface area contributed by atoms with Crippen molar-refractivity contribution in [2.45, 2.75) is 45.3 Å². The Labute approximate surface area is 72.8 Å². The second kappa shape index (κ2) is 8.02. The molecule has 11 heavy (non-hydrogen) atoms. The molecule has 0 rings (SSSR count). The van der Waals surface area contributed by atoms with E-state index in [1.807, 2.05) is 6.08 Å². The lowest BCUT2D eigenvalue weighted by Gasteiger charge is -2.13. The predicted octanol–water partition coefficient (Wildman–Crippen LogP) is 2.27. The van der Waals surface area contributed by atoms with Crippen LogP contribution in [-0.4, -0.2) is 15.9 Å². The normalized spacial score (nSPS) is 11.5. The van der Waals surface area contributed by atoms with Crippen LogP contribution in [0.4, 0.5) is 0 Å². The van der Waals surface area contributed by atoms with E-state index in [9.17, 15) is 0 Å². The molecular weight excluding hydrogens is 152 g/mol. The van der Waals surface area contributed by atoms with Crippen LogP contribution in [0.3, 0.4) is 0 Å². The van der Waals surface area contributed by atoms with E-state index < -0.39 is 0 Å². The molecule has 0 N–H and O–H groups in total.